The highest BCUT2D eigenvalue weighted by Gasteiger charge is 1.99. The third-order valence-electron chi connectivity index (χ3n) is 2.90. The van der Waals surface area contributed by atoms with E-state index in [1.54, 1.807) is 6.20 Å². The van der Waals surface area contributed by atoms with Crippen molar-refractivity contribution >= 4 is 0 Å². The summed E-state index contributed by atoms with van der Waals surface area (Å²) in [5.41, 5.74) is 9.37. The second-order valence-corrected chi connectivity index (χ2v) is 4.50. The third kappa shape index (κ3) is 4.24. The molecule has 2 aromatic rings. The zero-order valence-corrected chi connectivity index (χ0v) is 11.1. The predicted octanol–water partition coefficient (Wildman–Crippen LogP) is 2.57. The van der Waals surface area contributed by atoms with Gasteiger partial charge in [-0.1, -0.05) is 49.1 Å². The molecule has 96 valence electrons. The monoisotopic (exact) mass is 250 g/mol. The molecule has 0 spiro atoms. The third-order valence-corrected chi connectivity index (χ3v) is 2.90. The van der Waals surface area contributed by atoms with Crippen LogP contribution in [0.4, 0.5) is 0 Å². The van der Waals surface area contributed by atoms with E-state index in [0.717, 1.165) is 18.4 Å². The fourth-order valence-electron chi connectivity index (χ4n) is 1.84. The normalized spacial score (nSPS) is 11.5. The molecule has 0 unspecified atom stereocenters. The maximum absolute atomic E-state index is 6.03. The first kappa shape index (κ1) is 13.3. The first-order valence-electron chi connectivity index (χ1n) is 6.53. The highest BCUT2D eigenvalue weighted by Crippen LogP contribution is 2.03. The number of aromatic nitrogens is 1. The van der Waals surface area contributed by atoms with Crippen LogP contribution in [0.25, 0.3) is 0 Å². The van der Waals surface area contributed by atoms with Gasteiger partial charge >= 0.3 is 0 Å². The summed E-state index contributed by atoms with van der Waals surface area (Å²) < 4.78 is 0. The van der Waals surface area contributed by atoms with Crippen LogP contribution in [-0.4, -0.2) is 11.0 Å². The Morgan fingerprint density at radius 3 is 2.68 bits per heavy atom. The Bertz CT molecular complexity index is 579. The lowest BCUT2D eigenvalue weighted by molar-refractivity contribution is 0.835. The number of hydrogen-bond donors (Lipinski definition) is 1. The summed E-state index contributed by atoms with van der Waals surface area (Å²) in [5, 5.41) is 0. The van der Waals surface area contributed by atoms with Crippen LogP contribution in [0.2, 0.25) is 0 Å². The number of pyridine rings is 1. The van der Waals surface area contributed by atoms with Crippen LogP contribution in [0.5, 0.6) is 0 Å². The van der Waals surface area contributed by atoms with Gasteiger partial charge in [0.05, 0.1) is 6.04 Å². The molecule has 0 radical (unpaired) electrons. The molecule has 2 N–H and O–H groups in total. The highest BCUT2D eigenvalue weighted by molar-refractivity contribution is 5.35. The molecular formula is C17H18N2. The minimum absolute atomic E-state index is 0.146. The molecule has 0 saturated heterocycles. The SMILES string of the molecule is CCc1cncc(C#C[C@@H](N)Cc2ccccc2)c1. The summed E-state index contributed by atoms with van der Waals surface area (Å²) in [5.74, 6) is 6.19. The first-order chi connectivity index (χ1) is 9.28. The van der Waals surface area contributed by atoms with Crippen LogP contribution in [0.1, 0.15) is 23.6 Å². The Morgan fingerprint density at radius 1 is 1.16 bits per heavy atom. The minimum Gasteiger partial charge on any atom is -0.317 e. The number of benzene rings is 1. The summed E-state index contributed by atoms with van der Waals surface area (Å²) in [6.07, 6.45) is 5.39. The second-order valence-electron chi connectivity index (χ2n) is 4.50. The molecule has 2 heteroatoms. The number of rotatable bonds is 3. The highest BCUT2D eigenvalue weighted by atomic mass is 14.6. The molecule has 0 fully saturated rings. The van der Waals surface area contributed by atoms with Gasteiger partial charge in [0, 0.05) is 18.0 Å². The Kier molecular flexibility index (Phi) is 4.72. The Balaban J connectivity index is 2.02. The topological polar surface area (TPSA) is 38.9 Å². The largest absolute Gasteiger partial charge is 0.317 e. The lowest BCUT2D eigenvalue weighted by Gasteiger charge is -2.03. The van der Waals surface area contributed by atoms with Crippen LogP contribution in [0.15, 0.2) is 48.8 Å². The molecular weight excluding hydrogens is 232 g/mol. The summed E-state index contributed by atoms with van der Waals surface area (Å²) in [4.78, 5) is 4.17. The Morgan fingerprint density at radius 2 is 1.95 bits per heavy atom. The van der Waals surface area contributed by atoms with Crippen molar-refractivity contribution in [1.82, 2.24) is 4.98 Å². The maximum Gasteiger partial charge on any atom is 0.0709 e. The molecule has 2 rings (SSSR count). The number of aryl methyl sites for hydroxylation is 1. The zero-order valence-electron chi connectivity index (χ0n) is 11.1. The van der Waals surface area contributed by atoms with E-state index in [2.05, 4.69) is 41.9 Å². The standard InChI is InChI=1S/C17H18N2/c1-2-14-10-16(13-19-12-14)8-9-17(18)11-15-6-4-3-5-7-15/h3-7,10,12-13,17H,2,11,18H2,1H3/t17-/m1/s1. The average Bonchev–Trinajstić information content (AvgIpc) is 2.46. The first-order valence-corrected chi connectivity index (χ1v) is 6.53. The van der Waals surface area contributed by atoms with Crippen LogP contribution < -0.4 is 5.73 Å². The quantitative estimate of drug-likeness (QED) is 0.850. The molecule has 0 amide bonds. The Hall–Kier alpha value is -2.11. The van der Waals surface area contributed by atoms with Gasteiger partial charge in [0.15, 0.2) is 0 Å². The van der Waals surface area contributed by atoms with E-state index in [1.165, 1.54) is 11.1 Å². The molecule has 2 nitrogen and oxygen atoms in total. The van der Waals surface area contributed by atoms with Gasteiger partial charge in [-0.2, -0.15) is 0 Å². The van der Waals surface area contributed by atoms with Gasteiger partial charge in [0.1, 0.15) is 0 Å². The summed E-state index contributed by atoms with van der Waals surface area (Å²) in [6.45, 7) is 2.11. The number of nitrogens with zero attached hydrogens (tertiary/aromatic N) is 1. The van der Waals surface area contributed by atoms with Crippen molar-refractivity contribution in [2.45, 2.75) is 25.8 Å². The molecule has 0 aliphatic carbocycles. The van der Waals surface area contributed by atoms with Crippen molar-refractivity contribution in [2.24, 2.45) is 5.73 Å². The van der Waals surface area contributed by atoms with Crippen molar-refractivity contribution in [3.8, 4) is 11.8 Å². The maximum atomic E-state index is 6.03. The fourth-order valence-corrected chi connectivity index (χ4v) is 1.84. The lowest BCUT2D eigenvalue weighted by Crippen LogP contribution is -2.20. The number of nitrogens with two attached hydrogens (primary N) is 1. The van der Waals surface area contributed by atoms with Crippen LogP contribution in [0, 0.1) is 11.8 Å². The molecule has 1 aromatic heterocycles. The predicted molar refractivity (Wildman–Crippen MR) is 78.6 cm³/mol. The number of hydrogen-bond acceptors (Lipinski definition) is 2. The van der Waals surface area contributed by atoms with Gasteiger partial charge in [0.2, 0.25) is 0 Å². The second kappa shape index (κ2) is 6.72. The van der Waals surface area contributed by atoms with Gasteiger partial charge in [-0.25, -0.2) is 0 Å². The molecule has 0 aliphatic heterocycles. The minimum atomic E-state index is -0.146. The van der Waals surface area contributed by atoms with Crippen molar-refractivity contribution in [3.05, 3.63) is 65.5 Å². The van der Waals surface area contributed by atoms with E-state index in [1.807, 2.05) is 24.4 Å². The fraction of sp³-hybridized carbons (Fsp3) is 0.235. The van der Waals surface area contributed by atoms with Crippen molar-refractivity contribution in [2.75, 3.05) is 0 Å². The van der Waals surface area contributed by atoms with Crippen molar-refractivity contribution < 1.29 is 0 Å². The molecule has 1 atom stereocenters. The zero-order chi connectivity index (χ0) is 13.5. The van der Waals surface area contributed by atoms with Gasteiger partial charge in [0.25, 0.3) is 0 Å². The molecule has 1 heterocycles. The van der Waals surface area contributed by atoms with E-state index >= 15 is 0 Å². The Labute approximate surface area is 114 Å². The van der Waals surface area contributed by atoms with Crippen molar-refractivity contribution in [1.29, 1.82) is 0 Å². The summed E-state index contributed by atoms with van der Waals surface area (Å²) in [6, 6.07) is 12.1. The van der Waals surface area contributed by atoms with E-state index in [0.29, 0.717) is 0 Å². The van der Waals surface area contributed by atoms with Gasteiger partial charge < -0.3 is 5.73 Å². The van der Waals surface area contributed by atoms with E-state index < -0.39 is 0 Å². The summed E-state index contributed by atoms with van der Waals surface area (Å²) >= 11 is 0. The van der Waals surface area contributed by atoms with Crippen LogP contribution in [-0.2, 0) is 12.8 Å². The molecule has 0 bridgehead atoms. The van der Waals surface area contributed by atoms with Gasteiger partial charge in [-0.3, -0.25) is 4.98 Å². The van der Waals surface area contributed by atoms with E-state index in [-0.39, 0.29) is 6.04 Å². The molecule has 1 aromatic carbocycles. The van der Waals surface area contributed by atoms with Gasteiger partial charge in [-0.05, 0) is 30.0 Å². The molecule has 0 saturated carbocycles. The molecule has 19 heavy (non-hydrogen) atoms. The molecule has 0 aliphatic rings. The smallest absolute Gasteiger partial charge is 0.0709 e. The average molecular weight is 250 g/mol. The van der Waals surface area contributed by atoms with Crippen LogP contribution in [0.3, 0.4) is 0 Å². The van der Waals surface area contributed by atoms with E-state index in [4.69, 9.17) is 5.73 Å². The van der Waals surface area contributed by atoms with E-state index in [9.17, 15) is 0 Å². The van der Waals surface area contributed by atoms with Crippen LogP contribution >= 0.6 is 0 Å². The van der Waals surface area contributed by atoms with Crippen molar-refractivity contribution in [3.63, 3.8) is 0 Å². The summed E-state index contributed by atoms with van der Waals surface area (Å²) in [7, 11) is 0. The van der Waals surface area contributed by atoms with Gasteiger partial charge in [-0.15, -0.1) is 0 Å². The lowest BCUT2D eigenvalue weighted by atomic mass is 10.1.